The van der Waals surface area contributed by atoms with Crippen LogP contribution < -0.4 is 20.1 Å². The molecule has 5 heteroatoms. The first kappa shape index (κ1) is 18.2. The molecular weight excluding hydrogens is 304 g/mol. The molecule has 1 aliphatic rings. The van der Waals surface area contributed by atoms with E-state index in [1.165, 1.54) is 32.1 Å². The normalized spacial score (nSPS) is 15.2. The number of carbonyl (C=O) groups is 1. The van der Waals surface area contributed by atoms with Crippen molar-refractivity contribution in [1.29, 1.82) is 0 Å². The second-order valence-corrected chi connectivity index (χ2v) is 6.10. The fraction of sp³-hybridized carbons (Fsp3) is 0.526. The first-order chi connectivity index (χ1) is 11.7. The summed E-state index contributed by atoms with van der Waals surface area (Å²) in [4.78, 5) is 11.8. The fourth-order valence-corrected chi connectivity index (χ4v) is 2.99. The Bertz CT molecular complexity index is 552. The van der Waals surface area contributed by atoms with Crippen LogP contribution in [0.25, 0.3) is 0 Å². The minimum atomic E-state index is -0.164. The Labute approximate surface area is 144 Å². The van der Waals surface area contributed by atoms with Crippen LogP contribution >= 0.6 is 0 Å². The van der Waals surface area contributed by atoms with Crippen LogP contribution in [0.2, 0.25) is 0 Å². The van der Waals surface area contributed by atoms with Gasteiger partial charge in [-0.1, -0.05) is 31.4 Å². The van der Waals surface area contributed by atoms with Crippen molar-refractivity contribution in [1.82, 2.24) is 10.6 Å². The molecule has 0 bridgehead atoms. The topological polar surface area (TPSA) is 59.6 Å². The minimum Gasteiger partial charge on any atom is -0.493 e. The maximum Gasteiger partial charge on any atom is 0.318 e. The van der Waals surface area contributed by atoms with E-state index >= 15 is 0 Å². The van der Waals surface area contributed by atoms with Gasteiger partial charge in [0.25, 0.3) is 0 Å². The molecule has 0 aliphatic heterocycles. The number of rotatable bonds is 7. The van der Waals surface area contributed by atoms with Gasteiger partial charge in [-0.2, -0.15) is 0 Å². The largest absolute Gasteiger partial charge is 0.493 e. The average Bonchev–Trinajstić information content (AvgIpc) is 2.62. The standard InChI is InChI=1S/C19H28N2O3/c1-23-17-9-8-16(14-18(17)24-2)11-13-21-19(22)20-12-10-15-6-4-3-5-7-15/h8-10,12,14-15H,3-7,11,13H2,1-2H3,(H2,20,21,22)/b12-10+. The van der Waals surface area contributed by atoms with E-state index in [9.17, 15) is 4.79 Å². The Morgan fingerprint density at radius 2 is 1.92 bits per heavy atom. The van der Waals surface area contributed by atoms with Crippen molar-refractivity contribution in [3.63, 3.8) is 0 Å². The quantitative estimate of drug-likeness (QED) is 0.801. The highest BCUT2D eigenvalue weighted by atomic mass is 16.5. The van der Waals surface area contributed by atoms with Crippen LogP contribution in [-0.2, 0) is 6.42 Å². The second-order valence-electron chi connectivity index (χ2n) is 6.10. The first-order valence-corrected chi connectivity index (χ1v) is 8.65. The van der Waals surface area contributed by atoms with Gasteiger partial charge in [-0.15, -0.1) is 0 Å². The van der Waals surface area contributed by atoms with E-state index in [0.29, 0.717) is 24.0 Å². The number of benzene rings is 1. The lowest BCUT2D eigenvalue weighted by molar-refractivity contribution is 0.244. The molecule has 0 unspecified atom stereocenters. The third-order valence-electron chi connectivity index (χ3n) is 4.38. The fourth-order valence-electron chi connectivity index (χ4n) is 2.99. The molecule has 2 amide bonds. The minimum absolute atomic E-state index is 0.164. The number of amides is 2. The predicted octanol–water partition coefficient (Wildman–Crippen LogP) is 3.64. The molecule has 132 valence electrons. The van der Waals surface area contributed by atoms with E-state index in [4.69, 9.17) is 9.47 Å². The Balaban J connectivity index is 1.69. The highest BCUT2D eigenvalue weighted by Gasteiger charge is 2.09. The molecule has 0 spiro atoms. The van der Waals surface area contributed by atoms with Gasteiger partial charge in [0.15, 0.2) is 11.5 Å². The highest BCUT2D eigenvalue weighted by molar-refractivity contribution is 5.74. The molecule has 1 aliphatic carbocycles. The maximum atomic E-state index is 11.8. The lowest BCUT2D eigenvalue weighted by Crippen LogP contribution is -2.33. The average molecular weight is 332 g/mol. The van der Waals surface area contributed by atoms with Crippen molar-refractivity contribution in [3.05, 3.63) is 36.0 Å². The summed E-state index contributed by atoms with van der Waals surface area (Å²) in [7, 11) is 3.23. The van der Waals surface area contributed by atoms with Gasteiger partial charge in [0.05, 0.1) is 14.2 Å². The van der Waals surface area contributed by atoms with Gasteiger partial charge in [0.1, 0.15) is 0 Å². The van der Waals surface area contributed by atoms with Gasteiger partial charge < -0.3 is 20.1 Å². The molecule has 0 heterocycles. The zero-order valence-electron chi connectivity index (χ0n) is 14.6. The number of nitrogens with one attached hydrogen (secondary N) is 2. The molecule has 0 aromatic heterocycles. The SMILES string of the molecule is COc1ccc(CCNC(=O)N/C=C/C2CCCCC2)cc1OC. The molecule has 1 aromatic rings. The van der Waals surface area contributed by atoms with E-state index in [0.717, 1.165) is 12.0 Å². The summed E-state index contributed by atoms with van der Waals surface area (Å²) in [6.45, 7) is 0.568. The Hall–Kier alpha value is -2.17. The van der Waals surface area contributed by atoms with Crippen LogP contribution in [-0.4, -0.2) is 26.8 Å². The summed E-state index contributed by atoms with van der Waals surface area (Å²) in [5, 5.41) is 5.64. The van der Waals surface area contributed by atoms with Gasteiger partial charge in [-0.3, -0.25) is 0 Å². The van der Waals surface area contributed by atoms with E-state index < -0.39 is 0 Å². The molecule has 0 atom stereocenters. The molecule has 24 heavy (non-hydrogen) atoms. The number of hydrogen-bond donors (Lipinski definition) is 2. The predicted molar refractivity (Wildman–Crippen MR) is 95.5 cm³/mol. The van der Waals surface area contributed by atoms with E-state index in [-0.39, 0.29) is 6.03 Å². The molecule has 1 saturated carbocycles. The van der Waals surface area contributed by atoms with Crippen molar-refractivity contribution in [3.8, 4) is 11.5 Å². The number of urea groups is 1. The van der Waals surface area contributed by atoms with E-state index in [1.54, 1.807) is 20.4 Å². The van der Waals surface area contributed by atoms with Gasteiger partial charge in [0, 0.05) is 12.7 Å². The number of allylic oxidation sites excluding steroid dienone is 1. The molecule has 0 saturated heterocycles. The van der Waals surface area contributed by atoms with Crippen LogP contribution in [0.5, 0.6) is 11.5 Å². The molecular formula is C19H28N2O3. The zero-order chi connectivity index (χ0) is 17.2. The third-order valence-corrected chi connectivity index (χ3v) is 4.38. The first-order valence-electron chi connectivity index (χ1n) is 8.65. The maximum absolute atomic E-state index is 11.8. The summed E-state index contributed by atoms with van der Waals surface area (Å²) in [5.41, 5.74) is 1.09. The van der Waals surface area contributed by atoms with Crippen LogP contribution in [0, 0.1) is 5.92 Å². The van der Waals surface area contributed by atoms with Gasteiger partial charge in [0.2, 0.25) is 0 Å². The lowest BCUT2D eigenvalue weighted by Gasteiger charge is -2.17. The van der Waals surface area contributed by atoms with Crippen molar-refractivity contribution in [2.24, 2.45) is 5.92 Å². The van der Waals surface area contributed by atoms with Gasteiger partial charge >= 0.3 is 6.03 Å². The van der Waals surface area contributed by atoms with Gasteiger partial charge in [-0.25, -0.2) is 4.79 Å². The molecule has 1 fully saturated rings. The number of ether oxygens (including phenoxy) is 2. The Morgan fingerprint density at radius 1 is 1.17 bits per heavy atom. The summed E-state index contributed by atoms with van der Waals surface area (Å²) in [6.07, 6.45) is 11.0. The molecule has 5 nitrogen and oxygen atoms in total. The monoisotopic (exact) mass is 332 g/mol. The van der Waals surface area contributed by atoms with Crippen molar-refractivity contribution < 1.29 is 14.3 Å². The van der Waals surface area contributed by atoms with Gasteiger partial charge in [-0.05, 0) is 42.9 Å². The number of carbonyl (C=O) groups excluding carboxylic acids is 1. The molecule has 0 radical (unpaired) electrons. The molecule has 2 rings (SSSR count). The van der Waals surface area contributed by atoms with Crippen LogP contribution in [0.1, 0.15) is 37.7 Å². The molecule has 2 N–H and O–H groups in total. The summed E-state index contributed by atoms with van der Waals surface area (Å²) in [5.74, 6) is 2.03. The number of methoxy groups -OCH3 is 2. The van der Waals surface area contributed by atoms with E-state index in [1.807, 2.05) is 18.2 Å². The zero-order valence-corrected chi connectivity index (χ0v) is 14.6. The van der Waals surface area contributed by atoms with Crippen molar-refractivity contribution >= 4 is 6.03 Å². The van der Waals surface area contributed by atoms with Crippen LogP contribution in [0.15, 0.2) is 30.5 Å². The van der Waals surface area contributed by atoms with Crippen LogP contribution in [0.3, 0.4) is 0 Å². The third kappa shape index (κ3) is 5.80. The Kier molecular flexibility index (Phi) is 7.46. The lowest BCUT2D eigenvalue weighted by atomic mass is 9.89. The summed E-state index contributed by atoms with van der Waals surface area (Å²) in [6, 6.07) is 5.62. The smallest absolute Gasteiger partial charge is 0.318 e. The second kappa shape index (κ2) is 9.85. The molecule has 1 aromatic carbocycles. The van der Waals surface area contributed by atoms with Crippen molar-refractivity contribution in [2.75, 3.05) is 20.8 Å². The van der Waals surface area contributed by atoms with E-state index in [2.05, 4.69) is 16.7 Å². The van der Waals surface area contributed by atoms with Crippen molar-refractivity contribution in [2.45, 2.75) is 38.5 Å². The summed E-state index contributed by atoms with van der Waals surface area (Å²) < 4.78 is 10.5. The Morgan fingerprint density at radius 3 is 2.62 bits per heavy atom. The number of hydrogen-bond acceptors (Lipinski definition) is 3. The highest BCUT2D eigenvalue weighted by Crippen LogP contribution is 2.27. The van der Waals surface area contributed by atoms with Crippen LogP contribution in [0.4, 0.5) is 4.79 Å². The summed E-state index contributed by atoms with van der Waals surface area (Å²) >= 11 is 0.